The Morgan fingerprint density at radius 2 is 1.88 bits per heavy atom. The van der Waals surface area contributed by atoms with Crippen LogP contribution < -0.4 is 4.74 Å². The molecule has 0 aliphatic carbocycles. The smallest absolute Gasteiger partial charge is 0.307 e. The summed E-state index contributed by atoms with van der Waals surface area (Å²) in [6.45, 7) is 6.76. The molecule has 1 aromatic rings. The molecule has 0 saturated heterocycles. The number of carbonyl (C=O) groups is 1. The van der Waals surface area contributed by atoms with Gasteiger partial charge in [0.2, 0.25) is 0 Å². The van der Waals surface area contributed by atoms with Crippen LogP contribution in [0.5, 0.6) is 5.75 Å². The molecule has 0 atom stereocenters. The summed E-state index contributed by atoms with van der Waals surface area (Å²) in [5.41, 5.74) is 2.85. The zero-order valence-electron chi connectivity index (χ0n) is 10.7. The second kappa shape index (κ2) is 6.28. The van der Waals surface area contributed by atoms with Crippen molar-refractivity contribution >= 4 is 5.97 Å². The van der Waals surface area contributed by atoms with Gasteiger partial charge >= 0.3 is 5.97 Å². The van der Waals surface area contributed by atoms with Crippen molar-refractivity contribution in [1.29, 1.82) is 0 Å². The van der Waals surface area contributed by atoms with Gasteiger partial charge in [-0.25, -0.2) is 0 Å². The molecule has 3 heteroatoms. The Morgan fingerprint density at radius 3 is 2.35 bits per heavy atom. The van der Waals surface area contributed by atoms with E-state index in [0.717, 1.165) is 41.9 Å². The number of unbranched alkanes of at least 4 members (excludes halogenated alkanes) is 1. The van der Waals surface area contributed by atoms with Crippen molar-refractivity contribution in [2.75, 3.05) is 6.61 Å². The lowest BCUT2D eigenvalue weighted by Crippen LogP contribution is -2.04. The number of hydrogen-bond donors (Lipinski definition) is 1. The number of hydrogen-bond acceptors (Lipinski definition) is 2. The van der Waals surface area contributed by atoms with Gasteiger partial charge in [-0.1, -0.05) is 25.5 Å². The molecule has 94 valence electrons. The molecule has 3 nitrogen and oxygen atoms in total. The Bertz CT molecular complexity index is 373. The summed E-state index contributed by atoms with van der Waals surface area (Å²) in [6, 6.07) is 3.78. The molecule has 0 saturated carbocycles. The fraction of sp³-hybridized carbons (Fsp3) is 0.500. The predicted octanol–water partition coefficient (Wildman–Crippen LogP) is 3.11. The molecular weight excluding hydrogens is 216 g/mol. The lowest BCUT2D eigenvalue weighted by molar-refractivity contribution is -0.136. The van der Waals surface area contributed by atoms with Gasteiger partial charge in [-0.15, -0.1) is 0 Å². The molecule has 17 heavy (non-hydrogen) atoms. The SMILES string of the molecule is CCCCOc1c(C)cc(CC(=O)O)cc1C. The molecule has 1 N–H and O–H groups in total. The fourth-order valence-corrected chi connectivity index (χ4v) is 1.86. The largest absolute Gasteiger partial charge is 0.493 e. The normalized spacial score (nSPS) is 10.3. The zero-order chi connectivity index (χ0) is 12.8. The first-order valence-electron chi connectivity index (χ1n) is 5.99. The topological polar surface area (TPSA) is 46.5 Å². The molecule has 0 spiro atoms. The molecule has 0 bridgehead atoms. The van der Waals surface area contributed by atoms with Gasteiger partial charge in [-0.3, -0.25) is 4.79 Å². The van der Waals surface area contributed by atoms with E-state index in [1.54, 1.807) is 0 Å². The molecule has 0 aliphatic rings. The second-order valence-electron chi connectivity index (χ2n) is 4.33. The van der Waals surface area contributed by atoms with Crippen LogP contribution >= 0.6 is 0 Å². The minimum atomic E-state index is -0.802. The highest BCUT2D eigenvalue weighted by Crippen LogP contribution is 2.25. The van der Waals surface area contributed by atoms with Crippen molar-refractivity contribution in [3.05, 3.63) is 28.8 Å². The van der Waals surface area contributed by atoms with Crippen LogP contribution in [0, 0.1) is 13.8 Å². The van der Waals surface area contributed by atoms with Gasteiger partial charge in [0.25, 0.3) is 0 Å². The summed E-state index contributed by atoms with van der Waals surface area (Å²) in [7, 11) is 0. The van der Waals surface area contributed by atoms with Crippen molar-refractivity contribution in [1.82, 2.24) is 0 Å². The molecule has 0 amide bonds. The highest BCUT2D eigenvalue weighted by Gasteiger charge is 2.08. The summed E-state index contributed by atoms with van der Waals surface area (Å²) in [5, 5.41) is 8.76. The van der Waals surface area contributed by atoms with E-state index in [1.165, 1.54) is 0 Å². The van der Waals surface area contributed by atoms with Gasteiger partial charge in [0.05, 0.1) is 13.0 Å². The predicted molar refractivity (Wildman–Crippen MR) is 67.7 cm³/mol. The van der Waals surface area contributed by atoms with Crippen LogP contribution in [0.3, 0.4) is 0 Å². The number of benzene rings is 1. The van der Waals surface area contributed by atoms with Crippen LogP contribution in [0.25, 0.3) is 0 Å². The molecular formula is C14H20O3. The van der Waals surface area contributed by atoms with Crippen LogP contribution in [-0.2, 0) is 11.2 Å². The standard InChI is InChI=1S/C14H20O3/c1-4-5-6-17-14-10(2)7-12(8-11(14)3)9-13(15)16/h7-8H,4-6,9H2,1-3H3,(H,15,16). The first kappa shape index (κ1) is 13.6. The number of aliphatic carboxylic acids is 1. The van der Waals surface area contributed by atoms with E-state index in [1.807, 2.05) is 26.0 Å². The van der Waals surface area contributed by atoms with Gasteiger partial charge < -0.3 is 9.84 Å². The summed E-state index contributed by atoms with van der Waals surface area (Å²) in [4.78, 5) is 10.7. The van der Waals surface area contributed by atoms with Crippen molar-refractivity contribution in [3.8, 4) is 5.75 Å². The Kier molecular flexibility index (Phi) is 5.01. The average Bonchev–Trinajstić information content (AvgIpc) is 2.21. The Morgan fingerprint density at radius 1 is 1.29 bits per heavy atom. The van der Waals surface area contributed by atoms with Gasteiger partial charge in [0.1, 0.15) is 5.75 Å². The highest BCUT2D eigenvalue weighted by molar-refractivity contribution is 5.70. The maximum Gasteiger partial charge on any atom is 0.307 e. The number of rotatable bonds is 6. The van der Waals surface area contributed by atoms with Gasteiger partial charge in [-0.2, -0.15) is 0 Å². The Balaban J connectivity index is 2.82. The molecule has 1 rings (SSSR count). The number of aryl methyl sites for hydroxylation is 2. The quantitative estimate of drug-likeness (QED) is 0.772. The van der Waals surface area contributed by atoms with Crippen molar-refractivity contribution < 1.29 is 14.6 Å². The van der Waals surface area contributed by atoms with Crippen molar-refractivity contribution in [3.63, 3.8) is 0 Å². The summed E-state index contributed by atoms with van der Waals surface area (Å²) in [6.07, 6.45) is 2.21. The number of carboxylic acids is 1. The maximum absolute atomic E-state index is 10.7. The van der Waals surface area contributed by atoms with Crippen LogP contribution in [0.15, 0.2) is 12.1 Å². The van der Waals surface area contributed by atoms with Crippen LogP contribution in [0.4, 0.5) is 0 Å². The molecule has 0 aromatic heterocycles. The van der Waals surface area contributed by atoms with Gasteiger partial charge in [0.15, 0.2) is 0 Å². The third-order valence-corrected chi connectivity index (χ3v) is 2.62. The van der Waals surface area contributed by atoms with E-state index in [-0.39, 0.29) is 6.42 Å². The van der Waals surface area contributed by atoms with E-state index >= 15 is 0 Å². The lowest BCUT2D eigenvalue weighted by Gasteiger charge is -2.13. The number of carboxylic acid groups (broad SMARTS) is 1. The minimum Gasteiger partial charge on any atom is -0.493 e. The highest BCUT2D eigenvalue weighted by atomic mass is 16.5. The molecule has 0 fully saturated rings. The van der Waals surface area contributed by atoms with Gasteiger partial charge in [0, 0.05) is 0 Å². The summed E-state index contributed by atoms with van der Waals surface area (Å²) in [5.74, 6) is 0.0936. The average molecular weight is 236 g/mol. The Labute approximate surface area is 102 Å². The fourth-order valence-electron chi connectivity index (χ4n) is 1.86. The van der Waals surface area contributed by atoms with Crippen LogP contribution in [0.2, 0.25) is 0 Å². The van der Waals surface area contributed by atoms with E-state index in [2.05, 4.69) is 6.92 Å². The number of ether oxygens (including phenoxy) is 1. The summed E-state index contributed by atoms with van der Waals surface area (Å²) < 4.78 is 5.72. The first-order valence-corrected chi connectivity index (χ1v) is 5.99. The van der Waals surface area contributed by atoms with Crippen LogP contribution in [0.1, 0.15) is 36.5 Å². The molecule has 0 unspecified atom stereocenters. The zero-order valence-corrected chi connectivity index (χ0v) is 10.7. The van der Waals surface area contributed by atoms with E-state index in [4.69, 9.17) is 9.84 Å². The minimum absolute atomic E-state index is 0.0664. The van der Waals surface area contributed by atoms with Crippen LogP contribution in [-0.4, -0.2) is 17.7 Å². The van der Waals surface area contributed by atoms with Crippen molar-refractivity contribution in [2.45, 2.75) is 40.0 Å². The van der Waals surface area contributed by atoms with E-state index in [0.29, 0.717) is 0 Å². The van der Waals surface area contributed by atoms with Gasteiger partial charge in [-0.05, 0) is 37.0 Å². The first-order chi connectivity index (χ1) is 8.04. The monoisotopic (exact) mass is 236 g/mol. The third kappa shape index (κ3) is 4.10. The molecule has 0 aliphatic heterocycles. The van der Waals surface area contributed by atoms with Crippen molar-refractivity contribution in [2.24, 2.45) is 0 Å². The lowest BCUT2D eigenvalue weighted by atomic mass is 10.0. The summed E-state index contributed by atoms with van der Waals surface area (Å²) >= 11 is 0. The van der Waals surface area contributed by atoms with E-state index in [9.17, 15) is 4.79 Å². The third-order valence-electron chi connectivity index (χ3n) is 2.62. The maximum atomic E-state index is 10.7. The Hall–Kier alpha value is -1.51. The molecule has 1 aromatic carbocycles. The van der Waals surface area contributed by atoms with E-state index < -0.39 is 5.97 Å². The molecule has 0 heterocycles. The second-order valence-corrected chi connectivity index (χ2v) is 4.33. The molecule has 0 radical (unpaired) electrons.